The number of nitrogens with zero attached hydrogens (tertiary/aromatic N) is 1. The van der Waals surface area contributed by atoms with Crippen LogP contribution in [0.5, 0.6) is 0 Å². The standard InChI is InChI=1S/C16H22N2O/c1-10(2)12-4-6-13(7-5-12)16-17-9-15(19)18(16)14-8-11(14)3/h4-7,10-11,14,16-17H,8-9H2,1-3H3. The van der Waals surface area contributed by atoms with Gasteiger partial charge in [0, 0.05) is 6.04 Å². The van der Waals surface area contributed by atoms with Gasteiger partial charge in [-0.1, -0.05) is 45.0 Å². The van der Waals surface area contributed by atoms with Crippen LogP contribution in [-0.2, 0) is 4.79 Å². The number of carbonyl (C=O) groups excluding carboxylic acids is 1. The Morgan fingerprint density at radius 3 is 2.42 bits per heavy atom. The van der Waals surface area contributed by atoms with Gasteiger partial charge in [-0.25, -0.2) is 0 Å². The van der Waals surface area contributed by atoms with E-state index >= 15 is 0 Å². The van der Waals surface area contributed by atoms with Crippen molar-refractivity contribution in [3.8, 4) is 0 Å². The van der Waals surface area contributed by atoms with Gasteiger partial charge in [-0.05, 0) is 29.4 Å². The molecule has 1 N–H and O–H groups in total. The van der Waals surface area contributed by atoms with E-state index in [0.717, 1.165) is 6.42 Å². The number of benzene rings is 1. The fourth-order valence-electron chi connectivity index (χ4n) is 2.93. The van der Waals surface area contributed by atoms with Crippen molar-refractivity contribution < 1.29 is 4.79 Å². The first-order chi connectivity index (χ1) is 9.08. The molecule has 2 aliphatic rings. The lowest BCUT2D eigenvalue weighted by Crippen LogP contribution is -2.33. The third-order valence-electron chi connectivity index (χ3n) is 4.36. The van der Waals surface area contributed by atoms with Crippen LogP contribution in [0.2, 0.25) is 0 Å². The Balaban J connectivity index is 1.82. The highest BCUT2D eigenvalue weighted by atomic mass is 16.2. The van der Waals surface area contributed by atoms with E-state index in [9.17, 15) is 4.79 Å². The largest absolute Gasteiger partial charge is 0.319 e. The molecule has 3 heteroatoms. The van der Waals surface area contributed by atoms with Gasteiger partial charge in [0.25, 0.3) is 0 Å². The Hall–Kier alpha value is -1.35. The smallest absolute Gasteiger partial charge is 0.238 e. The summed E-state index contributed by atoms with van der Waals surface area (Å²) in [5.74, 6) is 1.44. The number of carbonyl (C=O) groups is 1. The van der Waals surface area contributed by atoms with Gasteiger partial charge < -0.3 is 4.90 Å². The van der Waals surface area contributed by atoms with Crippen LogP contribution in [0, 0.1) is 5.92 Å². The molecule has 2 fully saturated rings. The third-order valence-corrected chi connectivity index (χ3v) is 4.36. The zero-order valence-corrected chi connectivity index (χ0v) is 11.9. The molecule has 1 aromatic carbocycles. The molecule has 3 atom stereocenters. The number of nitrogens with one attached hydrogen (secondary N) is 1. The highest BCUT2D eigenvalue weighted by molar-refractivity contribution is 5.81. The molecule has 3 rings (SSSR count). The van der Waals surface area contributed by atoms with Gasteiger partial charge in [0.15, 0.2) is 0 Å². The molecule has 102 valence electrons. The topological polar surface area (TPSA) is 32.3 Å². The summed E-state index contributed by atoms with van der Waals surface area (Å²) in [5, 5.41) is 3.34. The van der Waals surface area contributed by atoms with Gasteiger partial charge in [0.2, 0.25) is 5.91 Å². The molecule has 1 heterocycles. The number of hydrogen-bond donors (Lipinski definition) is 1. The van der Waals surface area contributed by atoms with Crippen molar-refractivity contribution in [1.29, 1.82) is 0 Å². The summed E-state index contributed by atoms with van der Waals surface area (Å²) in [4.78, 5) is 14.1. The minimum absolute atomic E-state index is 0.0728. The average molecular weight is 258 g/mol. The Morgan fingerprint density at radius 1 is 1.26 bits per heavy atom. The van der Waals surface area contributed by atoms with Crippen molar-refractivity contribution in [3.05, 3.63) is 35.4 Å². The zero-order valence-electron chi connectivity index (χ0n) is 11.9. The second kappa shape index (κ2) is 4.64. The van der Waals surface area contributed by atoms with Gasteiger partial charge in [0.1, 0.15) is 6.17 Å². The predicted molar refractivity (Wildman–Crippen MR) is 75.7 cm³/mol. The summed E-state index contributed by atoms with van der Waals surface area (Å²) >= 11 is 0. The molecule has 1 aromatic rings. The highest BCUT2D eigenvalue weighted by Gasteiger charge is 2.46. The monoisotopic (exact) mass is 258 g/mol. The minimum atomic E-state index is 0.0728. The van der Waals surface area contributed by atoms with Crippen molar-refractivity contribution in [2.24, 2.45) is 5.92 Å². The van der Waals surface area contributed by atoms with Gasteiger partial charge in [-0.2, -0.15) is 0 Å². The van der Waals surface area contributed by atoms with Gasteiger partial charge >= 0.3 is 0 Å². The summed E-state index contributed by atoms with van der Waals surface area (Å²) in [6, 6.07) is 9.12. The van der Waals surface area contributed by atoms with Crippen LogP contribution >= 0.6 is 0 Å². The third kappa shape index (κ3) is 2.27. The summed E-state index contributed by atoms with van der Waals surface area (Å²) in [7, 11) is 0. The molecule has 1 aliphatic heterocycles. The number of rotatable bonds is 3. The maximum absolute atomic E-state index is 12.0. The van der Waals surface area contributed by atoms with Crippen molar-refractivity contribution in [2.45, 2.75) is 45.3 Å². The Bertz CT molecular complexity index is 480. The number of hydrogen-bond acceptors (Lipinski definition) is 2. The van der Waals surface area contributed by atoms with E-state index in [1.54, 1.807) is 0 Å². The predicted octanol–water partition coefficient (Wildman–Crippen LogP) is 2.65. The molecule has 0 aromatic heterocycles. The van der Waals surface area contributed by atoms with Crippen LogP contribution in [0.3, 0.4) is 0 Å². The normalized spacial score (nSPS) is 30.2. The molecule has 0 bridgehead atoms. The summed E-state index contributed by atoms with van der Waals surface area (Å²) < 4.78 is 0. The van der Waals surface area contributed by atoms with E-state index in [0.29, 0.717) is 24.4 Å². The van der Waals surface area contributed by atoms with Gasteiger partial charge in [0.05, 0.1) is 6.54 Å². The van der Waals surface area contributed by atoms with E-state index < -0.39 is 0 Å². The molecule has 3 nitrogen and oxygen atoms in total. The van der Waals surface area contributed by atoms with E-state index in [1.807, 2.05) is 0 Å². The van der Waals surface area contributed by atoms with Crippen molar-refractivity contribution in [1.82, 2.24) is 10.2 Å². The fourth-order valence-corrected chi connectivity index (χ4v) is 2.93. The maximum atomic E-state index is 12.0. The van der Waals surface area contributed by atoms with Gasteiger partial charge in [-0.3, -0.25) is 10.1 Å². The minimum Gasteiger partial charge on any atom is -0.319 e. The molecular weight excluding hydrogens is 236 g/mol. The van der Waals surface area contributed by atoms with Crippen LogP contribution in [0.15, 0.2) is 24.3 Å². The second-order valence-corrected chi connectivity index (χ2v) is 6.19. The lowest BCUT2D eigenvalue weighted by molar-refractivity contribution is -0.128. The highest BCUT2D eigenvalue weighted by Crippen LogP contribution is 2.40. The first kappa shape index (κ1) is 12.7. The van der Waals surface area contributed by atoms with Crippen molar-refractivity contribution >= 4 is 5.91 Å². The first-order valence-corrected chi connectivity index (χ1v) is 7.22. The molecular formula is C16H22N2O. The number of amides is 1. The quantitative estimate of drug-likeness (QED) is 0.904. The SMILES string of the molecule is CC(C)c1ccc(C2NCC(=O)N2C2CC2C)cc1. The first-order valence-electron chi connectivity index (χ1n) is 7.22. The Labute approximate surface area is 115 Å². The van der Waals surface area contributed by atoms with Crippen LogP contribution in [0.4, 0.5) is 0 Å². The molecule has 0 spiro atoms. The average Bonchev–Trinajstić information content (AvgIpc) is 2.97. The van der Waals surface area contributed by atoms with Crippen LogP contribution < -0.4 is 5.32 Å². The molecule has 19 heavy (non-hydrogen) atoms. The Kier molecular flexibility index (Phi) is 3.09. The van der Waals surface area contributed by atoms with E-state index in [-0.39, 0.29) is 12.1 Å². The van der Waals surface area contributed by atoms with E-state index in [4.69, 9.17) is 0 Å². The van der Waals surface area contributed by atoms with Crippen LogP contribution in [-0.4, -0.2) is 23.4 Å². The van der Waals surface area contributed by atoms with E-state index in [2.05, 4.69) is 55.3 Å². The molecule has 1 amide bonds. The molecule has 1 saturated heterocycles. The van der Waals surface area contributed by atoms with Gasteiger partial charge in [-0.15, -0.1) is 0 Å². The van der Waals surface area contributed by atoms with E-state index in [1.165, 1.54) is 11.1 Å². The van der Waals surface area contributed by atoms with Crippen molar-refractivity contribution in [3.63, 3.8) is 0 Å². The molecule has 0 radical (unpaired) electrons. The molecule has 3 unspecified atom stereocenters. The lowest BCUT2D eigenvalue weighted by Gasteiger charge is -2.25. The fraction of sp³-hybridized carbons (Fsp3) is 0.562. The summed E-state index contributed by atoms with van der Waals surface area (Å²) in [6.45, 7) is 7.09. The lowest BCUT2D eigenvalue weighted by atomic mass is 10.0. The maximum Gasteiger partial charge on any atom is 0.238 e. The zero-order chi connectivity index (χ0) is 13.6. The molecule has 1 saturated carbocycles. The summed E-state index contributed by atoms with van der Waals surface area (Å²) in [5.41, 5.74) is 2.55. The van der Waals surface area contributed by atoms with Crippen LogP contribution in [0.25, 0.3) is 0 Å². The van der Waals surface area contributed by atoms with Crippen LogP contribution in [0.1, 0.15) is 50.4 Å². The molecule has 1 aliphatic carbocycles. The second-order valence-electron chi connectivity index (χ2n) is 6.19. The summed E-state index contributed by atoms with van der Waals surface area (Å²) in [6.07, 6.45) is 1.22. The Morgan fingerprint density at radius 2 is 1.89 bits per heavy atom. The van der Waals surface area contributed by atoms with Crippen molar-refractivity contribution in [2.75, 3.05) is 6.54 Å².